The maximum atomic E-state index is 11.0. The van der Waals surface area contributed by atoms with Crippen LogP contribution in [0.5, 0.6) is 0 Å². The summed E-state index contributed by atoms with van der Waals surface area (Å²) in [4.78, 5) is 0. The van der Waals surface area contributed by atoms with Crippen molar-refractivity contribution < 1.29 is 13.5 Å². The Morgan fingerprint density at radius 1 is 1.46 bits per heavy atom. The number of aliphatic hydroxyl groups excluding tert-OH is 1. The van der Waals surface area contributed by atoms with E-state index in [-0.39, 0.29) is 16.7 Å². The molecule has 0 amide bonds. The van der Waals surface area contributed by atoms with Gasteiger partial charge in [0.1, 0.15) is 4.66 Å². The molecule has 2 unspecified atom stereocenters. The topological polar surface area (TPSA) is 66.4 Å². The number of alkyl halides is 1. The monoisotopic (exact) mass is 271 g/mol. The molecule has 0 heterocycles. The number of hydrogen-bond donors (Lipinski definition) is 2. The standard InChI is InChI=1S/C7H14BrNO3S/c8-5-13(11,12)9-4-6-2-1-3-7(6)10/h6-7,9-10H,1-5H2. The van der Waals surface area contributed by atoms with Crippen LogP contribution in [-0.4, -0.2) is 30.8 Å². The normalized spacial score (nSPS) is 29.4. The van der Waals surface area contributed by atoms with E-state index in [9.17, 15) is 13.5 Å². The summed E-state index contributed by atoms with van der Waals surface area (Å²) in [5, 5.41) is 9.41. The minimum atomic E-state index is -3.17. The van der Waals surface area contributed by atoms with Gasteiger partial charge in [-0.15, -0.1) is 0 Å². The largest absolute Gasteiger partial charge is 0.393 e. The van der Waals surface area contributed by atoms with E-state index in [0.29, 0.717) is 6.54 Å². The van der Waals surface area contributed by atoms with Gasteiger partial charge in [-0.05, 0) is 18.8 Å². The summed E-state index contributed by atoms with van der Waals surface area (Å²) < 4.78 is 24.4. The molecule has 1 aliphatic carbocycles. The van der Waals surface area contributed by atoms with Crippen molar-refractivity contribution in [3.63, 3.8) is 0 Å². The lowest BCUT2D eigenvalue weighted by molar-refractivity contribution is 0.134. The minimum absolute atomic E-state index is 0.0805. The highest BCUT2D eigenvalue weighted by molar-refractivity contribution is 9.10. The smallest absolute Gasteiger partial charge is 0.221 e. The first-order chi connectivity index (χ1) is 6.05. The lowest BCUT2D eigenvalue weighted by atomic mass is 10.1. The summed E-state index contributed by atoms with van der Waals surface area (Å²) in [7, 11) is -3.17. The van der Waals surface area contributed by atoms with Crippen LogP contribution in [0.4, 0.5) is 0 Å². The van der Waals surface area contributed by atoms with Gasteiger partial charge in [0.2, 0.25) is 10.0 Å². The third-order valence-corrected chi connectivity index (χ3v) is 5.03. The summed E-state index contributed by atoms with van der Waals surface area (Å²) in [6, 6.07) is 0. The van der Waals surface area contributed by atoms with Gasteiger partial charge < -0.3 is 5.11 Å². The van der Waals surface area contributed by atoms with Crippen LogP contribution in [0.2, 0.25) is 0 Å². The molecule has 0 aromatic rings. The molecule has 1 fully saturated rings. The third-order valence-electron chi connectivity index (χ3n) is 2.33. The van der Waals surface area contributed by atoms with Crippen molar-refractivity contribution in [3.05, 3.63) is 0 Å². The molecule has 1 rings (SSSR count). The zero-order chi connectivity index (χ0) is 9.90. The van der Waals surface area contributed by atoms with Crippen LogP contribution < -0.4 is 4.72 Å². The minimum Gasteiger partial charge on any atom is -0.393 e. The highest BCUT2D eigenvalue weighted by Gasteiger charge is 2.25. The molecule has 0 aliphatic heterocycles. The Labute approximate surface area is 86.9 Å². The fourth-order valence-corrected chi connectivity index (χ4v) is 2.56. The van der Waals surface area contributed by atoms with Gasteiger partial charge in [0, 0.05) is 6.54 Å². The molecule has 1 saturated carbocycles. The number of halogens is 1. The maximum Gasteiger partial charge on any atom is 0.221 e. The van der Waals surface area contributed by atoms with E-state index < -0.39 is 10.0 Å². The van der Waals surface area contributed by atoms with Crippen molar-refractivity contribution in [1.82, 2.24) is 4.72 Å². The Bertz CT molecular complexity index is 254. The number of rotatable bonds is 4. The van der Waals surface area contributed by atoms with E-state index in [1.165, 1.54) is 0 Å². The first-order valence-electron chi connectivity index (χ1n) is 4.26. The average molecular weight is 272 g/mol. The Kier molecular flexibility index (Phi) is 4.15. The Hall–Kier alpha value is 0.350. The van der Waals surface area contributed by atoms with E-state index in [0.717, 1.165) is 19.3 Å². The van der Waals surface area contributed by atoms with Crippen molar-refractivity contribution in [2.24, 2.45) is 5.92 Å². The van der Waals surface area contributed by atoms with Gasteiger partial charge in [-0.2, -0.15) is 0 Å². The van der Waals surface area contributed by atoms with Crippen molar-refractivity contribution in [3.8, 4) is 0 Å². The van der Waals surface area contributed by atoms with Crippen LogP contribution in [-0.2, 0) is 10.0 Å². The molecule has 6 heteroatoms. The molecule has 0 spiro atoms. The number of nitrogens with one attached hydrogen (secondary N) is 1. The fourth-order valence-electron chi connectivity index (χ4n) is 1.53. The van der Waals surface area contributed by atoms with Gasteiger partial charge in [-0.3, -0.25) is 0 Å². The van der Waals surface area contributed by atoms with E-state index in [1.807, 2.05) is 0 Å². The first-order valence-corrected chi connectivity index (χ1v) is 7.04. The predicted octanol–water partition coefficient (Wildman–Crippen LogP) is 0.419. The molecule has 4 nitrogen and oxygen atoms in total. The Morgan fingerprint density at radius 3 is 2.62 bits per heavy atom. The number of hydrogen-bond acceptors (Lipinski definition) is 3. The first kappa shape index (κ1) is 11.4. The van der Waals surface area contributed by atoms with E-state index in [1.54, 1.807) is 0 Å². The third kappa shape index (κ3) is 3.53. The van der Waals surface area contributed by atoms with E-state index >= 15 is 0 Å². The predicted molar refractivity (Wildman–Crippen MR) is 54.1 cm³/mol. The van der Waals surface area contributed by atoms with Crippen molar-refractivity contribution >= 4 is 26.0 Å². The molecule has 0 aromatic carbocycles. The van der Waals surface area contributed by atoms with E-state index in [4.69, 9.17) is 0 Å². The molecule has 0 aromatic heterocycles. The zero-order valence-electron chi connectivity index (χ0n) is 7.24. The zero-order valence-corrected chi connectivity index (χ0v) is 9.64. The van der Waals surface area contributed by atoms with Gasteiger partial charge in [0.15, 0.2) is 0 Å². The van der Waals surface area contributed by atoms with Gasteiger partial charge in [0.05, 0.1) is 6.10 Å². The van der Waals surface area contributed by atoms with Crippen LogP contribution >= 0.6 is 15.9 Å². The molecule has 2 N–H and O–H groups in total. The highest BCUT2D eigenvalue weighted by Crippen LogP contribution is 2.24. The Morgan fingerprint density at radius 2 is 2.15 bits per heavy atom. The van der Waals surface area contributed by atoms with Crippen LogP contribution in [0.15, 0.2) is 0 Å². The molecular formula is C7H14BrNO3S. The van der Waals surface area contributed by atoms with Crippen LogP contribution in [0, 0.1) is 5.92 Å². The molecule has 0 saturated heterocycles. The van der Waals surface area contributed by atoms with Crippen molar-refractivity contribution in [2.45, 2.75) is 25.4 Å². The quantitative estimate of drug-likeness (QED) is 0.729. The lowest BCUT2D eigenvalue weighted by Crippen LogP contribution is -2.32. The lowest BCUT2D eigenvalue weighted by Gasteiger charge is -2.14. The molecule has 1 aliphatic rings. The molecule has 78 valence electrons. The summed E-state index contributed by atoms with van der Waals surface area (Å²) in [5.74, 6) is 0.0915. The summed E-state index contributed by atoms with van der Waals surface area (Å²) in [6.07, 6.45) is 2.35. The second-order valence-electron chi connectivity index (χ2n) is 3.33. The molecular weight excluding hydrogens is 258 g/mol. The SMILES string of the molecule is O=S(=O)(CBr)NCC1CCCC1O. The Balaban J connectivity index is 2.34. The molecule has 2 atom stereocenters. The summed E-state index contributed by atoms with van der Waals surface area (Å²) in [5.41, 5.74) is 0. The van der Waals surface area contributed by atoms with Gasteiger partial charge >= 0.3 is 0 Å². The summed E-state index contributed by atoms with van der Waals surface area (Å²) in [6.45, 7) is 0.356. The average Bonchev–Trinajstić information content (AvgIpc) is 2.48. The van der Waals surface area contributed by atoms with Crippen LogP contribution in [0.25, 0.3) is 0 Å². The highest BCUT2D eigenvalue weighted by atomic mass is 79.9. The summed E-state index contributed by atoms with van der Waals surface area (Å²) >= 11 is 2.88. The maximum absolute atomic E-state index is 11.0. The van der Waals surface area contributed by atoms with E-state index in [2.05, 4.69) is 20.7 Å². The molecule has 0 radical (unpaired) electrons. The number of sulfonamides is 1. The van der Waals surface area contributed by atoms with Gasteiger partial charge in [-0.25, -0.2) is 13.1 Å². The number of aliphatic hydroxyl groups is 1. The van der Waals surface area contributed by atoms with Crippen LogP contribution in [0.1, 0.15) is 19.3 Å². The second kappa shape index (κ2) is 4.72. The molecule has 0 bridgehead atoms. The fraction of sp³-hybridized carbons (Fsp3) is 1.00. The van der Waals surface area contributed by atoms with Crippen molar-refractivity contribution in [1.29, 1.82) is 0 Å². The molecule has 13 heavy (non-hydrogen) atoms. The van der Waals surface area contributed by atoms with Crippen LogP contribution in [0.3, 0.4) is 0 Å². The van der Waals surface area contributed by atoms with Crippen molar-refractivity contribution in [2.75, 3.05) is 11.2 Å². The second-order valence-corrected chi connectivity index (χ2v) is 6.44. The van der Waals surface area contributed by atoms with Gasteiger partial charge in [0.25, 0.3) is 0 Å². The van der Waals surface area contributed by atoms with Gasteiger partial charge in [-0.1, -0.05) is 22.4 Å².